The van der Waals surface area contributed by atoms with E-state index in [0.29, 0.717) is 6.54 Å². The standard InChI is InChI=1S/C19H27N5O3/c25-18(14-27-15-19(26)23-11-4-1-2-5-12-23)20-10-7-9-17-22-21-16-8-3-6-13-24(16)17/h3,6,8,13H,1-2,4-5,7,9-12,14-15H2,(H,20,25). The lowest BCUT2D eigenvalue weighted by atomic mass is 10.2. The number of carbonyl (C=O) groups is 2. The summed E-state index contributed by atoms with van der Waals surface area (Å²) in [6.07, 6.45) is 7.86. The summed E-state index contributed by atoms with van der Waals surface area (Å²) in [5.74, 6) is 0.646. The summed E-state index contributed by atoms with van der Waals surface area (Å²) in [6, 6.07) is 5.76. The fraction of sp³-hybridized carbons (Fsp3) is 0.579. The lowest BCUT2D eigenvalue weighted by molar-refractivity contribution is -0.138. The number of aromatic nitrogens is 3. The predicted molar refractivity (Wildman–Crippen MR) is 100 cm³/mol. The number of nitrogens with zero attached hydrogens (tertiary/aromatic N) is 4. The van der Waals surface area contributed by atoms with E-state index < -0.39 is 0 Å². The summed E-state index contributed by atoms with van der Waals surface area (Å²) >= 11 is 0. The number of carbonyl (C=O) groups excluding carboxylic acids is 2. The topological polar surface area (TPSA) is 88.8 Å². The van der Waals surface area contributed by atoms with Crippen molar-refractivity contribution in [2.75, 3.05) is 32.8 Å². The molecule has 1 aliphatic heterocycles. The van der Waals surface area contributed by atoms with Gasteiger partial charge in [0.25, 0.3) is 0 Å². The van der Waals surface area contributed by atoms with Gasteiger partial charge >= 0.3 is 0 Å². The molecule has 2 aromatic heterocycles. The molecule has 0 bridgehead atoms. The van der Waals surface area contributed by atoms with Gasteiger partial charge in [0, 0.05) is 32.3 Å². The zero-order valence-corrected chi connectivity index (χ0v) is 15.6. The number of hydrogen-bond donors (Lipinski definition) is 1. The van der Waals surface area contributed by atoms with Gasteiger partial charge in [0.1, 0.15) is 19.0 Å². The molecule has 0 saturated carbocycles. The van der Waals surface area contributed by atoms with Gasteiger partial charge < -0.3 is 15.0 Å². The molecule has 1 saturated heterocycles. The molecule has 2 aromatic rings. The minimum absolute atomic E-state index is 0.0246. The molecule has 27 heavy (non-hydrogen) atoms. The third kappa shape index (κ3) is 5.75. The Kier molecular flexibility index (Phi) is 7.15. The number of nitrogens with one attached hydrogen (secondary N) is 1. The molecule has 1 fully saturated rings. The molecular formula is C19H27N5O3. The quantitative estimate of drug-likeness (QED) is 0.703. The number of fused-ring (bicyclic) bond motifs is 1. The van der Waals surface area contributed by atoms with E-state index >= 15 is 0 Å². The van der Waals surface area contributed by atoms with E-state index in [9.17, 15) is 9.59 Å². The van der Waals surface area contributed by atoms with Crippen LogP contribution in [0.2, 0.25) is 0 Å². The molecule has 3 rings (SSSR count). The summed E-state index contributed by atoms with van der Waals surface area (Å²) in [5.41, 5.74) is 0.819. The molecule has 0 radical (unpaired) electrons. The maximum atomic E-state index is 12.1. The van der Waals surface area contributed by atoms with Gasteiger partial charge in [-0.3, -0.25) is 14.0 Å². The Balaban J connectivity index is 1.29. The molecule has 0 unspecified atom stereocenters. The third-order valence-corrected chi connectivity index (χ3v) is 4.70. The van der Waals surface area contributed by atoms with Crippen molar-refractivity contribution in [3.63, 3.8) is 0 Å². The van der Waals surface area contributed by atoms with Crippen molar-refractivity contribution in [3.05, 3.63) is 30.2 Å². The van der Waals surface area contributed by atoms with Crippen molar-refractivity contribution < 1.29 is 14.3 Å². The monoisotopic (exact) mass is 373 g/mol. The van der Waals surface area contributed by atoms with Crippen molar-refractivity contribution in [1.29, 1.82) is 0 Å². The first-order valence-electron chi connectivity index (χ1n) is 9.65. The normalized spacial score (nSPS) is 14.9. The van der Waals surface area contributed by atoms with Crippen LogP contribution >= 0.6 is 0 Å². The highest BCUT2D eigenvalue weighted by atomic mass is 16.5. The number of rotatable bonds is 8. The molecule has 2 amide bonds. The lowest BCUT2D eigenvalue weighted by Gasteiger charge is -2.20. The molecule has 0 atom stereocenters. The molecule has 8 heteroatoms. The van der Waals surface area contributed by atoms with Crippen molar-refractivity contribution in [1.82, 2.24) is 24.8 Å². The van der Waals surface area contributed by atoms with Crippen LogP contribution in [0.3, 0.4) is 0 Å². The minimum atomic E-state index is -0.204. The Morgan fingerprint density at radius 2 is 1.89 bits per heavy atom. The SMILES string of the molecule is O=C(COCC(=O)N1CCCCCC1)NCCCc1nnc2ccccn12. The number of hydrogen-bond acceptors (Lipinski definition) is 5. The van der Waals surface area contributed by atoms with E-state index in [1.54, 1.807) is 0 Å². The van der Waals surface area contributed by atoms with Crippen molar-refractivity contribution in [2.45, 2.75) is 38.5 Å². The average molecular weight is 373 g/mol. The fourth-order valence-electron chi connectivity index (χ4n) is 3.23. The predicted octanol–water partition coefficient (Wildman–Crippen LogP) is 1.20. The Bertz CT molecular complexity index is 753. The number of amides is 2. The van der Waals surface area contributed by atoms with Gasteiger partial charge in [-0.2, -0.15) is 0 Å². The van der Waals surface area contributed by atoms with Crippen LogP contribution in [0.15, 0.2) is 24.4 Å². The van der Waals surface area contributed by atoms with Gasteiger partial charge in [-0.05, 0) is 31.4 Å². The van der Waals surface area contributed by atoms with Gasteiger partial charge in [0.15, 0.2) is 5.65 Å². The second kappa shape index (κ2) is 10.0. The first-order valence-corrected chi connectivity index (χ1v) is 9.65. The van der Waals surface area contributed by atoms with Crippen LogP contribution < -0.4 is 5.32 Å². The second-order valence-corrected chi connectivity index (χ2v) is 6.79. The van der Waals surface area contributed by atoms with Crippen molar-refractivity contribution in [2.24, 2.45) is 0 Å². The summed E-state index contributed by atoms with van der Waals surface area (Å²) in [4.78, 5) is 25.8. The second-order valence-electron chi connectivity index (χ2n) is 6.79. The number of likely N-dealkylation sites (tertiary alicyclic amines) is 1. The molecule has 3 heterocycles. The van der Waals surface area contributed by atoms with Crippen molar-refractivity contribution >= 4 is 17.5 Å². The molecule has 0 spiro atoms. The zero-order chi connectivity index (χ0) is 18.9. The number of ether oxygens (including phenoxy) is 1. The van der Waals surface area contributed by atoms with E-state index in [4.69, 9.17) is 4.74 Å². The van der Waals surface area contributed by atoms with Gasteiger partial charge in [0.2, 0.25) is 11.8 Å². The van der Waals surface area contributed by atoms with Crippen LogP contribution in [-0.2, 0) is 20.7 Å². The maximum Gasteiger partial charge on any atom is 0.248 e. The number of aryl methyl sites for hydroxylation is 1. The Morgan fingerprint density at radius 3 is 2.70 bits per heavy atom. The summed E-state index contributed by atoms with van der Waals surface area (Å²) < 4.78 is 7.23. The fourth-order valence-corrected chi connectivity index (χ4v) is 3.23. The molecule has 1 N–H and O–H groups in total. The summed E-state index contributed by atoms with van der Waals surface area (Å²) in [6.45, 7) is 2.01. The lowest BCUT2D eigenvalue weighted by Crippen LogP contribution is -2.36. The highest BCUT2D eigenvalue weighted by Gasteiger charge is 2.15. The summed E-state index contributed by atoms with van der Waals surface area (Å²) in [7, 11) is 0. The largest absolute Gasteiger partial charge is 0.362 e. The third-order valence-electron chi connectivity index (χ3n) is 4.70. The molecule has 0 aliphatic carbocycles. The van der Waals surface area contributed by atoms with E-state index in [0.717, 1.165) is 50.2 Å². The van der Waals surface area contributed by atoms with Gasteiger partial charge in [-0.15, -0.1) is 10.2 Å². The van der Waals surface area contributed by atoms with Gasteiger partial charge in [0.05, 0.1) is 0 Å². The highest BCUT2D eigenvalue weighted by Crippen LogP contribution is 2.09. The van der Waals surface area contributed by atoms with E-state index in [2.05, 4.69) is 15.5 Å². The molecule has 1 aliphatic rings. The minimum Gasteiger partial charge on any atom is -0.362 e. The first-order chi connectivity index (χ1) is 13.2. The smallest absolute Gasteiger partial charge is 0.248 e. The van der Waals surface area contributed by atoms with E-state index in [-0.39, 0.29) is 25.0 Å². The maximum absolute atomic E-state index is 12.1. The van der Waals surface area contributed by atoms with Crippen LogP contribution in [0.25, 0.3) is 5.65 Å². The van der Waals surface area contributed by atoms with Crippen LogP contribution in [-0.4, -0.2) is 64.2 Å². The Labute approximate surface area is 158 Å². The molecular weight excluding hydrogens is 346 g/mol. The van der Waals surface area contributed by atoms with E-state index in [1.807, 2.05) is 33.7 Å². The highest BCUT2D eigenvalue weighted by molar-refractivity contribution is 5.79. The van der Waals surface area contributed by atoms with Crippen LogP contribution in [0, 0.1) is 0 Å². The summed E-state index contributed by atoms with van der Waals surface area (Å²) in [5, 5.41) is 11.1. The van der Waals surface area contributed by atoms with Gasteiger partial charge in [-0.25, -0.2) is 0 Å². The zero-order valence-electron chi connectivity index (χ0n) is 15.6. The Morgan fingerprint density at radius 1 is 1.07 bits per heavy atom. The molecule has 0 aromatic carbocycles. The van der Waals surface area contributed by atoms with Crippen LogP contribution in [0.1, 0.15) is 37.9 Å². The average Bonchev–Trinajstić information content (AvgIpc) is 2.89. The van der Waals surface area contributed by atoms with E-state index in [1.165, 1.54) is 12.8 Å². The van der Waals surface area contributed by atoms with Crippen LogP contribution in [0.4, 0.5) is 0 Å². The van der Waals surface area contributed by atoms with Crippen molar-refractivity contribution in [3.8, 4) is 0 Å². The van der Waals surface area contributed by atoms with Crippen LogP contribution in [0.5, 0.6) is 0 Å². The number of pyridine rings is 1. The first kappa shape index (κ1) is 19.3. The molecule has 146 valence electrons. The molecule has 8 nitrogen and oxygen atoms in total. The Hall–Kier alpha value is -2.48. The van der Waals surface area contributed by atoms with Gasteiger partial charge in [-0.1, -0.05) is 18.9 Å².